The predicted octanol–water partition coefficient (Wildman–Crippen LogP) is 26.0. The first-order chi connectivity index (χ1) is 47.6. The van der Waals surface area contributed by atoms with Gasteiger partial charge >= 0.3 is 17.9 Å². The van der Waals surface area contributed by atoms with E-state index in [4.69, 9.17) is 18.9 Å². The first-order valence-electron chi connectivity index (χ1n) is 40.3. The summed E-state index contributed by atoms with van der Waals surface area (Å²) in [6.07, 6.45) is 109. The van der Waals surface area contributed by atoms with E-state index in [1.165, 1.54) is 205 Å². The molecule has 0 amide bonds. The summed E-state index contributed by atoms with van der Waals surface area (Å²) in [4.78, 5) is 37.8. The molecule has 0 radical (unpaired) electrons. The van der Waals surface area contributed by atoms with Crippen LogP contribution < -0.4 is 0 Å². The lowest BCUT2D eigenvalue weighted by molar-refractivity contribution is -0.870. The second-order valence-electron chi connectivity index (χ2n) is 28.0. The van der Waals surface area contributed by atoms with Crippen molar-refractivity contribution in [3.63, 3.8) is 0 Å². The van der Waals surface area contributed by atoms with Crippen LogP contribution in [0.3, 0.4) is 0 Å². The van der Waals surface area contributed by atoms with Crippen molar-refractivity contribution >= 4 is 17.9 Å². The number of esters is 2. The summed E-state index contributed by atoms with van der Waals surface area (Å²) in [5.41, 5.74) is 0. The number of unbranched alkanes of at least 4 members (excludes halogenated alkanes) is 37. The molecule has 0 spiro atoms. The zero-order chi connectivity index (χ0) is 70.4. The van der Waals surface area contributed by atoms with Gasteiger partial charge in [0.2, 0.25) is 0 Å². The van der Waals surface area contributed by atoms with Gasteiger partial charge in [0.15, 0.2) is 6.10 Å². The number of carbonyl (C=O) groups excluding carboxylic acids is 2. The molecule has 2 unspecified atom stereocenters. The molecule has 0 aromatic rings. The lowest BCUT2D eigenvalue weighted by atomic mass is 10.0. The van der Waals surface area contributed by atoms with E-state index in [2.05, 4.69) is 148 Å². The van der Waals surface area contributed by atoms with Crippen LogP contribution in [0.4, 0.5) is 0 Å². The van der Waals surface area contributed by atoms with E-state index in [9.17, 15) is 19.5 Å². The second kappa shape index (κ2) is 77.2. The lowest BCUT2D eigenvalue weighted by Crippen LogP contribution is -2.40. The molecule has 0 aromatic heterocycles. The summed E-state index contributed by atoms with van der Waals surface area (Å²) in [5.74, 6) is -2.00. The first kappa shape index (κ1) is 92.4. The number of carbonyl (C=O) groups is 3. The molecule has 9 heteroatoms. The van der Waals surface area contributed by atoms with Gasteiger partial charge in [0.05, 0.1) is 34.4 Å². The van der Waals surface area contributed by atoms with Crippen LogP contribution in [-0.2, 0) is 33.3 Å². The van der Waals surface area contributed by atoms with Crippen LogP contribution >= 0.6 is 0 Å². The molecule has 0 aromatic carbocycles. The van der Waals surface area contributed by atoms with Crippen LogP contribution in [0.5, 0.6) is 0 Å². The topological polar surface area (TPSA) is 108 Å². The maximum atomic E-state index is 13.0. The van der Waals surface area contributed by atoms with E-state index in [1.54, 1.807) is 0 Å². The number of nitrogens with zero attached hydrogens (tertiary/aromatic N) is 1. The zero-order valence-corrected chi connectivity index (χ0v) is 63.7. The van der Waals surface area contributed by atoms with Crippen molar-refractivity contribution in [2.24, 2.45) is 0 Å². The van der Waals surface area contributed by atoms with Gasteiger partial charge in [-0.05, 0) is 116 Å². The normalized spacial score (nSPS) is 13.4. The molecule has 0 bridgehead atoms. The highest BCUT2D eigenvalue weighted by Gasteiger charge is 2.25. The van der Waals surface area contributed by atoms with Crippen molar-refractivity contribution in [3.05, 3.63) is 134 Å². The molecule has 0 saturated carbocycles. The number of quaternary nitrogens is 1. The number of likely N-dealkylation sites (N-methyl/N-ethyl adjacent to an activating group) is 1. The number of aliphatic carboxylic acids is 1. The maximum Gasteiger partial charge on any atom is 0.361 e. The van der Waals surface area contributed by atoms with Gasteiger partial charge in [-0.25, -0.2) is 4.79 Å². The van der Waals surface area contributed by atoms with Crippen LogP contribution in [0.15, 0.2) is 134 Å². The van der Waals surface area contributed by atoms with Crippen LogP contribution in [0.2, 0.25) is 0 Å². The lowest BCUT2D eigenvalue weighted by Gasteiger charge is -2.25. The van der Waals surface area contributed by atoms with E-state index in [0.717, 1.165) is 109 Å². The summed E-state index contributed by atoms with van der Waals surface area (Å²) in [6, 6.07) is 0. The van der Waals surface area contributed by atoms with Crippen molar-refractivity contribution in [3.8, 4) is 0 Å². The number of carboxylic acid groups (broad SMARTS) is 1. The van der Waals surface area contributed by atoms with Crippen molar-refractivity contribution < 1.29 is 42.9 Å². The zero-order valence-electron chi connectivity index (χ0n) is 63.7. The predicted molar refractivity (Wildman–Crippen MR) is 419 cm³/mol. The number of allylic oxidation sites excluding steroid dienone is 22. The highest BCUT2D eigenvalue weighted by molar-refractivity contribution is 5.71. The van der Waals surface area contributed by atoms with Crippen molar-refractivity contribution in [1.29, 1.82) is 0 Å². The van der Waals surface area contributed by atoms with Crippen molar-refractivity contribution in [2.75, 3.05) is 47.5 Å². The van der Waals surface area contributed by atoms with Crippen LogP contribution in [-0.4, -0.2) is 87.4 Å². The average molecular weight is 1350 g/mol. The highest BCUT2D eigenvalue weighted by atomic mass is 16.7. The summed E-state index contributed by atoms with van der Waals surface area (Å²) >= 11 is 0. The summed E-state index contributed by atoms with van der Waals surface area (Å²) in [6.45, 7) is 4.77. The van der Waals surface area contributed by atoms with Gasteiger partial charge in [-0.15, -0.1) is 0 Å². The molecular weight excluding hydrogens is 1200 g/mol. The molecule has 2 atom stereocenters. The third-order valence-corrected chi connectivity index (χ3v) is 17.4. The Bertz CT molecular complexity index is 2060. The van der Waals surface area contributed by atoms with Crippen molar-refractivity contribution in [2.45, 2.75) is 360 Å². The van der Waals surface area contributed by atoms with Gasteiger partial charge in [0.1, 0.15) is 13.2 Å². The Morgan fingerprint density at radius 3 is 0.876 bits per heavy atom. The SMILES string of the molecule is CC/C=C\C/C=C\C/C=C\C/C=C\C/C=C\C/C=C\C/C=C\C/C=C\CCCCCCCCCCCCC(=O)OC(COC(=O)CCCCCCCCCCCCCCCCCCCCCCCC/C=C\C/C=C\C/C=C\CCCCCCC)COC(OCC[N+](C)(C)C)C(=O)O. The molecule has 0 saturated heterocycles. The molecule has 0 aliphatic rings. The minimum absolute atomic E-state index is 0.183. The monoisotopic (exact) mass is 1350 g/mol. The minimum atomic E-state index is -1.52. The number of ether oxygens (including phenoxy) is 4. The van der Waals surface area contributed by atoms with Gasteiger partial charge in [0.25, 0.3) is 6.29 Å². The molecule has 9 nitrogen and oxygen atoms in total. The van der Waals surface area contributed by atoms with Crippen LogP contribution in [0.25, 0.3) is 0 Å². The fourth-order valence-corrected chi connectivity index (χ4v) is 11.3. The summed E-state index contributed by atoms with van der Waals surface area (Å²) in [5, 5.41) is 9.78. The molecule has 0 aliphatic carbocycles. The molecule has 0 aliphatic heterocycles. The Hall–Kier alpha value is -4.57. The molecule has 556 valence electrons. The summed E-state index contributed by atoms with van der Waals surface area (Å²) < 4.78 is 23.0. The molecule has 0 rings (SSSR count). The van der Waals surface area contributed by atoms with Crippen LogP contribution in [0.1, 0.15) is 348 Å². The van der Waals surface area contributed by atoms with Crippen molar-refractivity contribution in [1.82, 2.24) is 0 Å². The van der Waals surface area contributed by atoms with E-state index < -0.39 is 24.3 Å². The van der Waals surface area contributed by atoms with Crippen LogP contribution in [0, 0.1) is 0 Å². The van der Waals surface area contributed by atoms with E-state index in [-0.39, 0.29) is 32.2 Å². The quantitative estimate of drug-likeness (QED) is 0.0211. The van der Waals surface area contributed by atoms with Gasteiger partial charge in [0, 0.05) is 12.8 Å². The highest BCUT2D eigenvalue weighted by Crippen LogP contribution is 2.18. The maximum absolute atomic E-state index is 13.0. The van der Waals surface area contributed by atoms with Gasteiger partial charge < -0.3 is 28.5 Å². The molecule has 97 heavy (non-hydrogen) atoms. The molecule has 1 N–H and O–H groups in total. The standard InChI is InChI=1S/C88H151NO8/c1-6-8-10-12-14-16-18-20-22-24-26-28-30-32-34-36-38-40-42-43-45-46-48-50-52-54-56-58-60-62-64-66-68-70-72-74-76-78-85(90)95-82-84(83-96-88(87(92)93)94-81-80-89(3,4)5)97-86(91)79-77-75-73-71-69-67-65-63-61-59-57-55-53-51-49-47-44-41-39-37-35-33-31-29-27-25-23-21-19-17-15-13-11-9-7-2/h9,11,15,17-18,20-21,23-24,26-27,29-30,32-33,35,39,41,47,49,53,55,84,88H,6-8,10,12-14,16,19,22,25,28,31,34,36-38,40,42-46,48,50-52,54,56-83H2,1-5H3/p+1/b11-9-,17-15-,20-18-,23-21-,26-24-,29-27-,32-30-,35-33-,41-39-,49-47-,55-53-. The minimum Gasteiger partial charge on any atom is -0.477 e. The third-order valence-electron chi connectivity index (χ3n) is 17.4. The van der Waals surface area contributed by atoms with Gasteiger partial charge in [-0.1, -0.05) is 353 Å². The smallest absolute Gasteiger partial charge is 0.361 e. The number of carboxylic acids is 1. The Balaban J connectivity index is 4.05. The fraction of sp³-hybridized carbons (Fsp3) is 0.716. The largest absolute Gasteiger partial charge is 0.477 e. The Morgan fingerprint density at radius 1 is 0.320 bits per heavy atom. The number of hydrogen-bond acceptors (Lipinski definition) is 7. The molecule has 0 heterocycles. The van der Waals surface area contributed by atoms with E-state index in [1.807, 2.05) is 21.1 Å². The third kappa shape index (κ3) is 78.6. The van der Waals surface area contributed by atoms with E-state index >= 15 is 0 Å². The Labute approximate surface area is 599 Å². The molecule has 0 fully saturated rings. The summed E-state index contributed by atoms with van der Waals surface area (Å²) in [7, 11) is 5.98. The van der Waals surface area contributed by atoms with E-state index in [0.29, 0.717) is 23.9 Å². The first-order valence-corrected chi connectivity index (χ1v) is 40.3. The van der Waals surface area contributed by atoms with Gasteiger partial charge in [-0.2, -0.15) is 0 Å². The fourth-order valence-electron chi connectivity index (χ4n) is 11.3. The Kier molecular flexibility index (Phi) is 73.5. The average Bonchev–Trinajstić information content (AvgIpc) is 3.74. The second-order valence-corrected chi connectivity index (χ2v) is 28.0. The number of rotatable bonds is 74. The van der Waals surface area contributed by atoms with Gasteiger partial charge in [-0.3, -0.25) is 9.59 Å². The Morgan fingerprint density at radius 2 is 0.588 bits per heavy atom. The number of hydrogen-bond donors (Lipinski definition) is 1. The molecular formula is C88H152NO8+.